The number of aromatic amines is 3. The number of hydrogen-bond donors (Lipinski definition) is 6. The molecule has 0 spiro atoms. The van der Waals surface area contributed by atoms with Gasteiger partial charge in [0.15, 0.2) is 0 Å². The van der Waals surface area contributed by atoms with E-state index in [0.29, 0.717) is 59.9 Å². The lowest BCUT2D eigenvalue weighted by atomic mass is 9.75. The van der Waals surface area contributed by atoms with Gasteiger partial charge in [-0.05, 0) is 187 Å². The Morgan fingerprint density at radius 2 is 1.03 bits per heavy atom. The second-order valence-electron chi connectivity index (χ2n) is 22.1. The maximum Gasteiger partial charge on any atom is 0.147 e. The second-order valence-corrected chi connectivity index (χ2v) is 24.0. The smallest absolute Gasteiger partial charge is 0.147 e. The summed E-state index contributed by atoms with van der Waals surface area (Å²) in [6.45, 7) is 9.94. The monoisotopic (exact) mass is 1030 g/mol. The number of hydrogen-bond acceptors (Lipinski definition) is 9. The van der Waals surface area contributed by atoms with Crippen LogP contribution in [0.3, 0.4) is 0 Å². The van der Waals surface area contributed by atoms with E-state index in [-0.39, 0.29) is 0 Å². The van der Waals surface area contributed by atoms with E-state index in [2.05, 4.69) is 109 Å². The van der Waals surface area contributed by atoms with Crippen LogP contribution in [0.15, 0.2) is 137 Å². The topological polar surface area (TPSA) is 142 Å². The molecule has 7 saturated heterocycles. The third-order valence-corrected chi connectivity index (χ3v) is 19.5. The summed E-state index contributed by atoms with van der Waals surface area (Å²) in [6.07, 6.45) is 20.6. The highest BCUT2D eigenvalue weighted by Crippen LogP contribution is 2.44. The van der Waals surface area contributed by atoms with Crippen molar-refractivity contribution in [2.24, 2.45) is 17.8 Å². The Balaban J connectivity index is 0.000000108. The second kappa shape index (κ2) is 20.9. The minimum Gasteiger partial charge on any atom is -0.463 e. The Bertz CT molecular complexity index is 3340. The van der Waals surface area contributed by atoms with Crippen molar-refractivity contribution < 1.29 is 4.42 Å². The number of H-pyrrole nitrogens is 3. The van der Waals surface area contributed by atoms with Crippen molar-refractivity contribution in [2.75, 3.05) is 52.4 Å². The summed E-state index contributed by atoms with van der Waals surface area (Å²) in [5, 5.41) is 33.1. The van der Waals surface area contributed by atoms with Gasteiger partial charge in [-0.1, -0.05) is 30.3 Å². The van der Waals surface area contributed by atoms with E-state index in [1.165, 1.54) is 163 Å². The molecule has 0 aliphatic carbocycles. The zero-order chi connectivity index (χ0) is 50.4. The van der Waals surface area contributed by atoms with Gasteiger partial charge in [0.05, 0.1) is 23.4 Å². The molecule has 6 bridgehead atoms. The predicted molar refractivity (Wildman–Crippen MR) is 310 cm³/mol. The molecule has 9 aromatic rings. The molecule has 0 saturated carbocycles. The molecule has 9 aliphatic rings. The van der Waals surface area contributed by atoms with Crippen molar-refractivity contribution in [1.29, 1.82) is 16.2 Å². The molecule has 0 radical (unpaired) electrons. The Labute approximate surface area is 447 Å². The molecule has 2 unspecified atom stereocenters. The van der Waals surface area contributed by atoms with Crippen LogP contribution in [0.4, 0.5) is 0 Å². The van der Waals surface area contributed by atoms with Crippen molar-refractivity contribution in [1.82, 2.24) is 29.7 Å². The molecule has 382 valence electrons. The molecule has 7 fully saturated rings. The Morgan fingerprint density at radius 3 is 1.47 bits per heavy atom. The fourth-order valence-corrected chi connectivity index (χ4v) is 14.9. The van der Waals surface area contributed by atoms with Crippen LogP contribution in [0, 0.1) is 34.0 Å². The maximum absolute atomic E-state index is 8.37. The summed E-state index contributed by atoms with van der Waals surface area (Å²) in [5.74, 6) is 4.36. The van der Waals surface area contributed by atoms with Gasteiger partial charge in [0.25, 0.3) is 0 Å². The summed E-state index contributed by atoms with van der Waals surface area (Å²) in [6, 6.07) is 31.6. The van der Waals surface area contributed by atoms with Crippen molar-refractivity contribution in [3.8, 4) is 0 Å². The molecule has 12 heteroatoms. The van der Waals surface area contributed by atoms with Gasteiger partial charge in [-0.15, -0.1) is 22.7 Å². The van der Waals surface area contributed by atoms with Gasteiger partial charge in [0.2, 0.25) is 0 Å². The normalized spacial score (nSPS) is 22.8. The molecule has 15 heterocycles. The number of nitrogens with one attached hydrogen (secondary N) is 6. The van der Waals surface area contributed by atoms with Crippen molar-refractivity contribution in [2.45, 2.75) is 69.6 Å². The highest BCUT2D eigenvalue weighted by molar-refractivity contribution is 7.12. The first-order valence-electron chi connectivity index (χ1n) is 27.4. The minimum absolute atomic E-state index is 0.532. The van der Waals surface area contributed by atoms with E-state index in [0.717, 1.165) is 21.6 Å². The average molecular weight is 1030 g/mol. The standard InChI is InChI=1S/C21H23N3O.C21H23N3S.C21H21N3S/c3*22-19(21-2-1-9-25-21)11-14-3-4-20-16(10-14)17(12-23-20)18-13-24-7-5-15(18)6-8-24/h2*1-4,9-10,12,15,18,22-23H,5-8,11,13H2;1-4,9-10,12-13,15,22-23H,5-8,11H2. The summed E-state index contributed by atoms with van der Waals surface area (Å²) < 4.78 is 5.36. The first-order chi connectivity index (χ1) is 36.8. The first kappa shape index (κ1) is 48.1. The van der Waals surface area contributed by atoms with Gasteiger partial charge < -0.3 is 50.3 Å². The third kappa shape index (κ3) is 9.94. The summed E-state index contributed by atoms with van der Waals surface area (Å²) in [4.78, 5) is 20.2. The van der Waals surface area contributed by atoms with Gasteiger partial charge >= 0.3 is 0 Å². The SMILES string of the molecule is N=C(Cc1ccc2[nH]cc(C3=CN4CCC3CC4)c2c1)c1cccs1.N=C(Cc1ccc2[nH]cc(C3CN4CCC3CC4)c2c1)c1ccco1.N=C(Cc1ccc2[nH]cc(C3CN4CCC3CC4)c2c1)c1cccs1. The zero-order valence-corrected chi connectivity index (χ0v) is 44.3. The average Bonchev–Trinajstić information content (AvgIpc) is 4.35. The highest BCUT2D eigenvalue weighted by Gasteiger charge is 2.37. The fraction of sp³-hybridized carbons (Fsp3) is 0.349. The molecule has 6 aromatic heterocycles. The van der Waals surface area contributed by atoms with Gasteiger partial charge in [0, 0.05) is 130 Å². The number of furan rings is 1. The van der Waals surface area contributed by atoms with Gasteiger partial charge in [-0.2, -0.15) is 0 Å². The van der Waals surface area contributed by atoms with Gasteiger partial charge in [0.1, 0.15) is 5.76 Å². The molecule has 10 nitrogen and oxygen atoms in total. The summed E-state index contributed by atoms with van der Waals surface area (Å²) in [7, 11) is 0. The number of piperidine rings is 7. The van der Waals surface area contributed by atoms with E-state index < -0.39 is 0 Å². The number of nitrogens with zero attached hydrogens (tertiary/aromatic N) is 3. The minimum atomic E-state index is 0.532. The van der Waals surface area contributed by atoms with Crippen molar-refractivity contribution >= 4 is 78.1 Å². The van der Waals surface area contributed by atoms with Crippen molar-refractivity contribution in [3.63, 3.8) is 0 Å². The molecule has 9 aliphatic heterocycles. The predicted octanol–water partition coefficient (Wildman–Crippen LogP) is 13.7. The molecule has 6 N–H and O–H groups in total. The van der Waals surface area contributed by atoms with E-state index in [4.69, 9.17) is 20.6 Å². The summed E-state index contributed by atoms with van der Waals surface area (Å²) >= 11 is 3.30. The number of allylic oxidation sites excluding steroid dienone is 1. The van der Waals surface area contributed by atoms with Crippen LogP contribution < -0.4 is 0 Å². The van der Waals surface area contributed by atoms with E-state index >= 15 is 0 Å². The van der Waals surface area contributed by atoms with E-state index in [9.17, 15) is 0 Å². The highest BCUT2D eigenvalue weighted by atomic mass is 32.1. The van der Waals surface area contributed by atoms with Crippen LogP contribution >= 0.6 is 22.7 Å². The van der Waals surface area contributed by atoms with Crippen LogP contribution in [-0.2, 0) is 19.3 Å². The third-order valence-electron chi connectivity index (χ3n) is 17.6. The molecule has 0 amide bonds. The zero-order valence-electron chi connectivity index (χ0n) is 42.7. The van der Waals surface area contributed by atoms with Crippen molar-refractivity contribution in [3.05, 3.63) is 182 Å². The van der Waals surface area contributed by atoms with E-state index in [1.54, 1.807) is 28.9 Å². The number of fused-ring (bicyclic) bond motifs is 11. The van der Waals surface area contributed by atoms with Crippen LogP contribution in [0.2, 0.25) is 0 Å². The largest absolute Gasteiger partial charge is 0.463 e. The first-order valence-corrected chi connectivity index (χ1v) is 29.1. The molecule has 3 aromatic carbocycles. The Hall–Kier alpha value is -6.57. The summed E-state index contributed by atoms with van der Waals surface area (Å²) in [5.41, 5.74) is 15.0. The van der Waals surface area contributed by atoms with Crippen LogP contribution in [0.25, 0.3) is 38.3 Å². The number of thiophene rings is 2. The Kier molecular flexibility index (Phi) is 13.4. The number of rotatable bonds is 12. The lowest BCUT2D eigenvalue weighted by molar-refractivity contribution is 0.0876. The van der Waals surface area contributed by atoms with Crippen LogP contribution in [0.5, 0.6) is 0 Å². The maximum atomic E-state index is 8.37. The Morgan fingerprint density at radius 1 is 0.533 bits per heavy atom. The van der Waals surface area contributed by atoms with Crippen LogP contribution in [-0.4, -0.2) is 99.1 Å². The van der Waals surface area contributed by atoms with Gasteiger partial charge in [-0.25, -0.2) is 0 Å². The molecular weight excluding hydrogens is 963 g/mol. The lowest BCUT2D eigenvalue weighted by Crippen LogP contribution is -2.46. The molecule has 2 atom stereocenters. The van der Waals surface area contributed by atoms with E-state index in [1.807, 2.05) is 47.2 Å². The fourth-order valence-electron chi connectivity index (χ4n) is 13.5. The van der Waals surface area contributed by atoms with Gasteiger partial charge in [-0.3, -0.25) is 0 Å². The lowest BCUT2D eigenvalue weighted by Gasteiger charge is -2.44. The quantitative estimate of drug-likeness (QED) is 0.0678. The molecule has 75 heavy (non-hydrogen) atoms. The number of benzene rings is 3. The number of aromatic nitrogens is 3. The van der Waals surface area contributed by atoms with Crippen LogP contribution in [0.1, 0.15) is 99.3 Å². The molecular formula is C63H67N9OS2. The molecule has 18 rings (SSSR count).